The number of ether oxygens (including phenoxy) is 2. The number of nitrogens with zero attached hydrogens (tertiary/aromatic N) is 1. The van der Waals surface area contributed by atoms with Crippen LogP contribution in [0.3, 0.4) is 0 Å². The van der Waals surface area contributed by atoms with Gasteiger partial charge in [-0.3, -0.25) is 9.59 Å². The van der Waals surface area contributed by atoms with E-state index in [0.29, 0.717) is 17.7 Å². The first-order chi connectivity index (χ1) is 17.6. The van der Waals surface area contributed by atoms with Gasteiger partial charge in [0.2, 0.25) is 5.91 Å². The minimum absolute atomic E-state index is 0.0372. The average Bonchev–Trinajstić information content (AvgIpc) is 3.30. The minimum atomic E-state index is -5.02. The fourth-order valence-corrected chi connectivity index (χ4v) is 5.38. The third-order valence-corrected chi connectivity index (χ3v) is 7.29. The number of halogens is 7. The lowest BCUT2D eigenvalue weighted by molar-refractivity contribution is -0.158. The maximum atomic E-state index is 13.6. The fourth-order valence-electron chi connectivity index (χ4n) is 5.38. The van der Waals surface area contributed by atoms with Crippen molar-refractivity contribution in [3.8, 4) is 0 Å². The molecule has 0 aromatic heterocycles. The summed E-state index contributed by atoms with van der Waals surface area (Å²) in [5.74, 6) is -2.43. The monoisotopic (exact) mass is 547 g/mol. The Morgan fingerprint density at radius 1 is 1.03 bits per heavy atom. The van der Waals surface area contributed by atoms with E-state index in [4.69, 9.17) is 9.47 Å². The molecule has 12 heteroatoms. The normalized spacial score (nSPS) is 26.4. The Labute approximate surface area is 213 Å². The van der Waals surface area contributed by atoms with Crippen molar-refractivity contribution in [3.63, 3.8) is 0 Å². The van der Waals surface area contributed by atoms with Gasteiger partial charge < -0.3 is 14.4 Å². The lowest BCUT2D eigenvalue weighted by Crippen LogP contribution is -2.40. The third-order valence-electron chi connectivity index (χ3n) is 7.29. The van der Waals surface area contributed by atoms with Crippen LogP contribution in [0.25, 0.3) is 0 Å². The predicted molar refractivity (Wildman–Crippen MR) is 119 cm³/mol. The zero-order valence-electron chi connectivity index (χ0n) is 20.5. The quantitative estimate of drug-likeness (QED) is 0.266. The molecule has 4 rings (SSSR count). The van der Waals surface area contributed by atoms with Crippen LogP contribution < -0.4 is 0 Å². The molecule has 206 valence electrons. The highest BCUT2D eigenvalue weighted by atomic mass is 19.4. The molecule has 5 atom stereocenters. The predicted octanol–water partition coefficient (Wildman–Crippen LogP) is 5.89. The molecule has 0 N–H and O–H groups in total. The highest BCUT2D eigenvalue weighted by molar-refractivity contribution is 6.04. The summed E-state index contributed by atoms with van der Waals surface area (Å²) >= 11 is 0. The molecule has 2 aliphatic heterocycles. The molecule has 0 aliphatic carbocycles. The van der Waals surface area contributed by atoms with E-state index in [2.05, 4.69) is 0 Å². The summed E-state index contributed by atoms with van der Waals surface area (Å²) in [5.41, 5.74) is -4.22. The first kappa shape index (κ1) is 27.9. The summed E-state index contributed by atoms with van der Waals surface area (Å²) in [4.78, 5) is 27.0. The van der Waals surface area contributed by atoms with E-state index in [1.54, 1.807) is 0 Å². The number of amides is 1. The van der Waals surface area contributed by atoms with Gasteiger partial charge in [-0.1, -0.05) is 12.1 Å². The van der Waals surface area contributed by atoms with Gasteiger partial charge in [-0.05, 0) is 61.7 Å². The molecule has 2 saturated heterocycles. The van der Waals surface area contributed by atoms with E-state index in [0.717, 1.165) is 7.11 Å². The Morgan fingerprint density at radius 2 is 1.58 bits per heavy atom. The van der Waals surface area contributed by atoms with Gasteiger partial charge in [-0.2, -0.15) is 26.3 Å². The van der Waals surface area contributed by atoms with Crippen molar-refractivity contribution < 1.29 is 49.8 Å². The topological polar surface area (TPSA) is 55.8 Å². The lowest BCUT2D eigenvalue weighted by Gasteiger charge is -2.28. The van der Waals surface area contributed by atoms with Crippen molar-refractivity contribution in [1.29, 1.82) is 0 Å². The van der Waals surface area contributed by atoms with Crippen LogP contribution in [0, 0.1) is 11.2 Å². The van der Waals surface area contributed by atoms with Gasteiger partial charge in [0.15, 0.2) is 0 Å². The van der Waals surface area contributed by atoms with Crippen LogP contribution in [-0.2, 0) is 31.4 Å². The molecule has 38 heavy (non-hydrogen) atoms. The summed E-state index contributed by atoms with van der Waals surface area (Å²) in [7, 11) is 1.15. The number of carbonyl (C=O) groups excluding carboxylic acids is 2. The molecular formula is C26H24F7NO4. The lowest BCUT2D eigenvalue weighted by atomic mass is 9.80. The average molecular weight is 547 g/mol. The number of alkyl halides is 6. The van der Waals surface area contributed by atoms with Gasteiger partial charge in [0, 0.05) is 18.5 Å². The molecular weight excluding hydrogens is 523 g/mol. The van der Waals surface area contributed by atoms with Crippen molar-refractivity contribution in [3.05, 3.63) is 70.5 Å². The standard InChI is InChI=1S/C26H24F7NO4/c1-13(15-8-16(25(28,29)30)10-17(9-15)26(31,32)33)38-20-12-34-19(11-24(2,22(34)35)23(36)37-3)21(20)14-4-6-18(27)7-5-14/h4-10,13,19-21H,11-12H2,1-3H3/t13-,19+,20+,21?,24?/m1/s1. The molecule has 0 saturated carbocycles. The van der Waals surface area contributed by atoms with E-state index >= 15 is 0 Å². The Morgan fingerprint density at radius 3 is 2.08 bits per heavy atom. The van der Waals surface area contributed by atoms with Crippen molar-refractivity contribution in [2.45, 2.75) is 56.8 Å². The molecule has 5 nitrogen and oxygen atoms in total. The zero-order chi connectivity index (χ0) is 28.2. The van der Waals surface area contributed by atoms with Gasteiger partial charge in [-0.15, -0.1) is 0 Å². The second-order valence-electron chi connectivity index (χ2n) is 9.79. The van der Waals surface area contributed by atoms with Gasteiger partial charge in [0.25, 0.3) is 0 Å². The molecule has 0 radical (unpaired) electrons. The fraction of sp³-hybridized carbons (Fsp3) is 0.462. The van der Waals surface area contributed by atoms with Gasteiger partial charge in [-0.25, -0.2) is 4.39 Å². The molecule has 0 spiro atoms. The van der Waals surface area contributed by atoms with Crippen LogP contribution in [0.4, 0.5) is 30.7 Å². The molecule has 0 bridgehead atoms. The Kier molecular flexibility index (Phi) is 7.00. The first-order valence-electron chi connectivity index (χ1n) is 11.7. The Hall–Kier alpha value is -3.15. The SMILES string of the molecule is COC(=O)C1(C)C[C@H]2C(c3ccc(F)cc3)[C@@H](O[C@H](C)c3cc(C(F)(F)F)cc(C(F)(F)F)c3)CN2C1=O. The van der Waals surface area contributed by atoms with Crippen LogP contribution in [0.2, 0.25) is 0 Å². The zero-order valence-corrected chi connectivity index (χ0v) is 20.5. The van der Waals surface area contributed by atoms with E-state index in [1.807, 2.05) is 0 Å². The summed E-state index contributed by atoms with van der Waals surface area (Å²) in [6, 6.07) is 5.96. The second kappa shape index (κ2) is 9.55. The highest BCUT2D eigenvalue weighted by Gasteiger charge is 2.61. The number of hydrogen-bond donors (Lipinski definition) is 0. The summed E-state index contributed by atoms with van der Waals surface area (Å²) in [5, 5.41) is 0. The minimum Gasteiger partial charge on any atom is -0.468 e. The van der Waals surface area contributed by atoms with E-state index in [-0.39, 0.29) is 24.6 Å². The molecule has 2 fully saturated rings. The van der Waals surface area contributed by atoms with Gasteiger partial charge in [0.1, 0.15) is 11.2 Å². The number of esters is 1. The number of benzene rings is 2. The molecule has 2 aromatic carbocycles. The smallest absolute Gasteiger partial charge is 0.416 e. The van der Waals surface area contributed by atoms with Gasteiger partial charge >= 0.3 is 18.3 Å². The number of methoxy groups -OCH3 is 1. The van der Waals surface area contributed by atoms with Crippen LogP contribution in [0.5, 0.6) is 0 Å². The van der Waals surface area contributed by atoms with E-state index < -0.39 is 70.8 Å². The van der Waals surface area contributed by atoms with Crippen LogP contribution in [0.1, 0.15) is 54.5 Å². The highest BCUT2D eigenvalue weighted by Crippen LogP contribution is 2.49. The maximum absolute atomic E-state index is 13.6. The third kappa shape index (κ3) is 4.97. The van der Waals surface area contributed by atoms with Crippen molar-refractivity contribution in [2.75, 3.05) is 13.7 Å². The Bertz CT molecular complexity index is 1200. The molecule has 2 aliphatic rings. The number of hydrogen-bond acceptors (Lipinski definition) is 4. The van der Waals surface area contributed by atoms with Crippen molar-refractivity contribution >= 4 is 11.9 Å². The molecule has 2 aromatic rings. The Balaban J connectivity index is 1.70. The summed E-state index contributed by atoms with van der Waals surface area (Å²) in [6.45, 7) is 2.69. The maximum Gasteiger partial charge on any atom is 0.416 e. The summed E-state index contributed by atoms with van der Waals surface area (Å²) in [6.07, 6.45) is -12.1. The van der Waals surface area contributed by atoms with Crippen LogP contribution >= 0.6 is 0 Å². The van der Waals surface area contributed by atoms with Crippen LogP contribution in [0.15, 0.2) is 42.5 Å². The molecule has 2 heterocycles. The number of fused-ring (bicyclic) bond motifs is 1. The van der Waals surface area contributed by atoms with E-state index in [1.165, 1.54) is 43.0 Å². The number of rotatable bonds is 5. The van der Waals surface area contributed by atoms with Crippen molar-refractivity contribution in [2.24, 2.45) is 5.41 Å². The van der Waals surface area contributed by atoms with E-state index in [9.17, 15) is 40.3 Å². The second-order valence-corrected chi connectivity index (χ2v) is 9.79. The first-order valence-corrected chi connectivity index (χ1v) is 11.7. The largest absolute Gasteiger partial charge is 0.468 e. The van der Waals surface area contributed by atoms with Crippen LogP contribution in [-0.4, -0.2) is 42.6 Å². The summed E-state index contributed by atoms with van der Waals surface area (Å²) < 4.78 is 105. The van der Waals surface area contributed by atoms with Gasteiger partial charge in [0.05, 0.1) is 30.4 Å². The van der Waals surface area contributed by atoms with Crippen molar-refractivity contribution in [1.82, 2.24) is 4.90 Å². The molecule has 1 amide bonds. The number of carbonyl (C=O) groups is 2. The molecule has 2 unspecified atom stereocenters.